The first-order valence-corrected chi connectivity index (χ1v) is 8.54. The van der Waals surface area contributed by atoms with Crippen LogP contribution in [0.4, 0.5) is 8.78 Å². The van der Waals surface area contributed by atoms with Gasteiger partial charge >= 0.3 is 0 Å². The summed E-state index contributed by atoms with van der Waals surface area (Å²) in [6, 6.07) is 13.1. The molecule has 0 unspecified atom stereocenters. The van der Waals surface area contributed by atoms with E-state index in [1.165, 1.54) is 6.07 Å². The van der Waals surface area contributed by atoms with Gasteiger partial charge in [0.2, 0.25) is 5.91 Å². The summed E-state index contributed by atoms with van der Waals surface area (Å²) in [4.78, 5) is 12.4. The maximum Gasteiger partial charge on any atom is 0.230 e. The molecule has 1 heterocycles. The van der Waals surface area contributed by atoms with Gasteiger partial charge in [-0.1, -0.05) is 12.1 Å². The molecule has 0 bridgehead atoms. The third-order valence-corrected chi connectivity index (χ3v) is 4.45. The number of thioether (sulfide) groups is 1. The Hall–Kier alpha value is -2.67. The fourth-order valence-electron chi connectivity index (χ4n) is 2.16. The van der Waals surface area contributed by atoms with Gasteiger partial charge in [-0.15, -0.1) is 11.8 Å². The SMILES string of the molecule is O=C(CSc1ccc(F)c(F)c1)NCc1ccc(-n2cccn2)cc1. The smallest absolute Gasteiger partial charge is 0.230 e. The molecule has 0 radical (unpaired) electrons. The summed E-state index contributed by atoms with van der Waals surface area (Å²) in [5.74, 6) is -1.85. The van der Waals surface area contributed by atoms with E-state index in [0.29, 0.717) is 11.4 Å². The van der Waals surface area contributed by atoms with Gasteiger partial charge in [0.15, 0.2) is 11.6 Å². The Morgan fingerprint density at radius 3 is 2.60 bits per heavy atom. The number of nitrogens with zero attached hydrogens (tertiary/aromatic N) is 2. The molecule has 0 aliphatic carbocycles. The number of carbonyl (C=O) groups excluding carboxylic acids is 1. The van der Waals surface area contributed by atoms with Gasteiger partial charge in [0, 0.05) is 23.8 Å². The molecule has 0 saturated carbocycles. The molecular formula is C18H15F2N3OS. The van der Waals surface area contributed by atoms with Crippen molar-refractivity contribution in [3.8, 4) is 5.69 Å². The van der Waals surface area contributed by atoms with E-state index >= 15 is 0 Å². The van der Waals surface area contributed by atoms with Crippen LogP contribution in [0, 0.1) is 11.6 Å². The molecule has 3 aromatic rings. The lowest BCUT2D eigenvalue weighted by Crippen LogP contribution is -2.24. The van der Waals surface area contributed by atoms with Crippen molar-refractivity contribution in [3.63, 3.8) is 0 Å². The fraction of sp³-hybridized carbons (Fsp3) is 0.111. The molecule has 0 atom stereocenters. The minimum absolute atomic E-state index is 0.135. The summed E-state index contributed by atoms with van der Waals surface area (Å²) >= 11 is 1.16. The highest BCUT2D eigenvalue weighted by atomic mass is 32.2. The maximum absolute atomic E-state index is 13.1. The quantitative estimate of drug-likeness (QED) is 0.685. The summed E-state index contributed by atoms with van der Waals surface area (Å²) in [5.41, 5.74) is 1.90. The molecule has 2 aromatic carbocycles. The molecule has 0 saturated heterocycles. The first-order valence-electron chi connectivity index (χ1n) is 7.55. The van der Waals surface area contributed by atoms with E-state index in [9.17, 15) is 13.6 Å². The normalized spacial score (nSPS) is 10.6. The first-order chi connectivity index (χ1) is 12.1. The van der Waals surface area contributed by atoms with E-state index in [0.717, 1.165) is 35.1 Å². The van der Waals surface area contributed by atoms with E-state index in [4.69, 9.17) is 0 Å². The largest absolute Gasteiger partial charge is 0.351 e. The van der Waals surface area contributed by atoms with Crippen molar-refractivity contribution in [2.45, 2.75) is 11.4 Å². The Balaban J connectivity index is 1.48. The van der Waals surface area contributed by atoms with Gasteiger partial charge in [0.25, 0.3) is 0 Å². The highest BCUT2D eigenvalue weighted by Gasteiger charge is 2.06. The van der Waals surface area contributed by atoms with Gasteiger partial charge in [-0.3, -0.25) is 4.79 Å². The van der Waals surface area contributed by atoms with Gasteiger partial charge in [-0.25, -0.2) is 13.5 Å². The first kappa shape index (κ1) is 17.2. The zero-order valence-corrected chi connectivity index (χ0v) is 14.0. The van der Waals surface area contributed by atoms with E-state index < -0.39 is 11.6 Å². The summed E-state index contributed by atoms with van der Waals surface area (Å²) < 4.78 is 27.7. The molecule has 7 heteroatoms. The minimum Gasteiger partial charge on any atom is -0.351 e. The van der Waals surface area contributed by atoms with Crippen LogP contribution in [0.2, 0.25) is 0 Å². The molecule has 4 nitrogen and oxygen atoms in total. The van der Waals surface area contributed by atoms with Gasteiger partial charge in [-0.2, -0.15) is 5.10 Å². The van der Waals surface area contributed by atoms with E-state index in [1.807, 2.05) is 36.5 Å². The number of benzene rings is 2. The van der Waals surface area contributed by atoms with Gasteiger partial charge in [0.05, 0.1) is 11.4 Å². The van der Waals surface area contributed by atoms with Crippen molar-refractivity contribution in [2.75, 3.05) is 5.75 Å². The standard InChI is InChI=1S/C18H15F2N3OS/c19-16-7-6-15(10-17(16)20)25-12-18(24)21-11-13-2-4-14(5-3-13)23-9-1-8-22-23/h1-10H,11-12H2,(H,21,24). The number of nitrogens with one attached hydrogen (secondary N) is 1. The van der Waals surface area contributed by atoms with Crippen molar-refractivity contribution in [2.24, 2.45) is 0 Å². The van der Waals surface area contributed by atoms with E-state index in [2.05, 4.69) is 10.4 Å². The summed E-state index contributed by atoms with van der Waals surface area (Å²) in [5, 5.41) is 6.95. The predicted molar refractivity (Wildman–Crippen MR) is 92.5 cm³/mol. The van der Waals surface area contributed by atoms with Crippen LogP contribution in [0.1, 0.15) is 5.56 Å². The molecule has 1 N–H and O–H groups in total. The molecule has 25 heavy (non-hydrogen) atoms. The second-order valence-electron chi connectivity index (χ2n) is 5.26. The number of hydrogen-bond acceptors (Lipinski definition) is 3. The lowest BCUT2D eigenvalue weighted by molar-refractivity contribution is -0.118. The van der Waals surface area contributed by atoms with Crippen LogP contribution in [-0.4, -0.2) is 21.4 Å². The van der Waals surface area contributed by atoms with Crippen LogP contribution in [-0.2, 0) is 11.3 Å². The lowest BCUT2D eigenvalue weighted by Gasteiger charge is -2.07. The Labute approximate surface area is 147 Å². The molecule has 3 rings (SSSR count). The molecule has 0 aliphatic rings. The molecule has 1 aromatic heterocycles. The third-order valence-electron chi connectivity index (χ3n) is 3.46. The van der Waals surface area contributed by atoms with Gasteiger partial charge in [0.1, 0.15) is 0 Å². The van der Waals surface area contributed by atoms with Crippen molar-refractivity contribution < 1.29 is 13.6 Å². The number of rotatable bonds is 6. The predicted octanol–water partition coefficient (Wildman–Crippen LogP) is 3.56. The zero-order chi connectivity index (χ0) is 17.6. The maximum atomic E-state index is 13.1. The summed E-state index contributed by atoms with van der Waals surface area (Å²) in [7, 11) is 0. The number of carbonyl (C=O) groups is 1. The second kappa shape index (κ2) is 7.94. The number of hydrogen-bond donors (Lipinski definition) is 1. The molecule has 0 fully saturated rings. The van der Waals surface area contributed by atoms with Gasteiger partial charge in [-0.05, 0) is 42.0 Å². The Morgan fingerprint density at radius 1 is 1.12 bits per heavy atom. The third kappa shape index (κ3) is 4.67. The number of amides is 1. The van der Waals surface area contributed by atoms with Crippen molar-refractivity contribution >= 4 is 17.7 Å². The molecule has 1 amide bonds. The van der Waals surface area contributed by atoms with Crippen LogP contribution in [0.5, 0.6) is 0 Å². The topological polar surface area (TPSA) is 46.9 Å². The van der Waals surface area contributed by atoms with Crippen LogP contribution in [0.25, 0.3) is 5.69 Å². The molecule has 0 aliphatic heterocycles. The van der Waals surface area contributed by atoms with Crippen LogP contribution >= 0.6 is 11.8 Å². The molecular weight excluding hydrogens is 344 g/mol. The van der Waals surface area contributed by atoms with Crippen LogP contribution in [0.3, 0.4) is 0 Å². The average molecular weight is 359 g/mol. The number of aromatic nitrogens is 2. The summed E-state index contributed by atoms with van der Waals surface area (Å²) in [6.45, 7) is 0.399. The molecule has 0 spiro atoms. The van der Waals surface area contributed by atoms with Crippen molar-refractivity contribution in [3.05, 3.63) is 78.1 Å². The summed E-state index contributed by atoms with van der Waals surface area (Å²) in [6.07, 6.45) is 3.56. The van der Waals surface area contributed by atoms with Gasteiger partial charge < -0.3 is 5.32 Å². The number of halogens is 2. The van der Waals surface area contributed by atoms with E-state index in [1.54, 1.807) is 10.9 Å². The molecule has 128 valence electrons. The van der Waals surface area contributed by atoms with E-state index in [-0.39, 0.29) is 11.7 Å². The minimum atomic E-state index is -0.914. The van der Waals surface area contributed by atoms with Crippen molar-refractivity contribution in [1.29, 1.82) is 0 Å². The van der Waals surface area contributed by atoms with Crippen LogP contribution < -0.4 is 5.32 Å². The fourth-order valence-corrected chi connectivity index (χ4v) is 2.91. The monoisotopic (exact) mass is 359 g/mol. The lowest BCUT2D eigenvalue weighted by atomic mass is 10.2. The average Bonchev–Trinajstić information content (AvgIpc) is 3.16. The Morgan fingerprint density at radius 2 is 1.92 bits per heavy atom. The Kier molecular flexibility index (Phi) is 5.45. The highest BCUT2D eigenvalue weighted by molar-refractivity contribution is 8.00. The second-order valence-corrected chi connectivity index (χ2v) is 6.31. The van der Waals surface area contributed by atoms with Crippen LogP contribution in [0.15, 0.2) is 65.8 Å². The Bertz CT molecular complexity index is 851. The zero-order valence-electron chi connectivity index (χ0n) is 13.2. The highest BCUT2D eigenvalue weighted by Crippen LogP contribution is 2.20. The van der Waals surface area contributed by atoms with Crippen molar-refractivity contribution in [1.82, 2.24) is 15.1 Å².